The van der Waals surface area contributed by atoms with Crippen molar-refractivity contribution in [2.75, 3.05) is 32.8 Å². The van der Waals surface area contributed by atoms with E-state index in [1.54, 1.807) is 30.7 Å². The molecule has 0 aliphatic carbocycles. The second-order valence-electron chi connectivity index (χ2n) is 11.8. The second kappa shape index (κ2) is 16.3. The van der Waals surface area contributed by atoms with E-state index in [0.29, 0.717) is 55.4 Å². The summed E-state index contributed by atoms with van der Waals surface area (Å²) in [5, 5.41) is 8.04. The summed E-state index contributed by atoms with van der Waals surface area (Å²) in [6, 6.07) is 7.29. The minimum Gasteiger partial charge on any atom is -0.494 e. The Morgan fingerprint density at radius 1 is 0.878 bits per heavy atom. The molecule has 13 nitrogen and oxygen atoms in total. The zero-order chi connectivity index (χ0) is 31.3. The van der Waals surface area contributed by atoms with Gasteiger partial charge in [0.2, 0.25) is 0 Å². The van der Waals surface area contributed by atoms with Crippen LogP contribution in [0.3, 0.4) is 0 Å². The molecule has 1 aromatic carbocycles. The number of hydrogen-bond donors (Lipinski definition) is 7. The van der Waals surface area contributed by atoms with Gasteiger partial charge in [-0.2, -0.15) is 8.42 Å². The minimum absolute atomic E-state index is 0.116. The molecule has 0 fully saturated rings. The summed E-state index contributed by atoms with van der Waals surface area (Å²) in [5.41, 5.74) is 21.5. The van der Waals surface area contributed by atoms with Crippen molar-refractivity contribution >= 4 is 10.4 Å². The lowest BCUT2D eigenvalue weighted by atomic mass is 10.1. The van der Waals surface area contributed by atoms with Crippen molar-refractivity contribution < 1.29 is 21.9 Å². The van der Waals surface area contributed by atoms with E-state index < -0.39 is 10.4 Å². The van der Waals surface area contributed by atoms with E-state index in [-0.39, 0.29) is 24.3 Å². The first-order valence-corrected chi connectivity index (χ1v) is 14.7. The summed E-state index contributed by atoms with van der Waals surface area (Å²) in [6.07, 6.45) is 5.57. The van der Waals surface area contributed by atoms with Crippen molar-refractivity contribution in [1.29, 1.82) is 0 Å². The number of nitrogens with zero attached hydrogens (tertiary/aromatic N) is 2. The Balaban J connectivity index is 2.77. The van der Waals surface area contributed by atoms with Gasteiger partial charge in [-0.15, -0.1) is 0 Å². The molecule has 0 atom stereocenters. The molecule has 0 amide bonds. The molecular formula is C27H50N8O5S. The van der Waals surface area contributed by atoms with Crippen molar-refractivity contribution in [2.45, 2.75) is 65.6 Å². The monoisotopic (exact) mass is 598 g/mol. The second-order valence-corrected chi connectivity index (χ2v) is 12.9. The van der Waals surface area contributed by atoms with Gasteiger partial charge in [0.15, 0.2) is 0 Å². The average Bonchev–Trinajstić information content (AvgIpc) is 2.80. The van der Waals surface area contributed by atoms with Gasteiger partial charge in [0.05, 0.1) is 19.8 Å². The third-order valence-corrected chi connectivity index (χ3v) is 5.47. The Morgan fingerprint density at radius 3 is 1.83 bits per heavy atom. The number of hydrogen-bond acceptors (Lipinski definition) is 12. The molecular weight excluding hydrogens is 548 g/mol. The lowest BCUT2D eigenvalue weighted by Crippen LogP contribution is -2.39. The fraction of sp³-hybridized carbons (Fsp3) is 0.556. The highest BCUT2D eigenvalue weighted by atomic mass is 32.3. The van der Waals surface area contributed by atoms with Gasteiger partial charge in [-0.25, -0.2) is 10.0 Å². The van der Waals surface area contributed by atoms with Gasteiger partial charge in [0.1, 0.15) is 5.75 Å². The van der Waals surface area contributed by atoms with Gasteiger partial charge in [-0.1, -0.05) is 12.1 Å². The highest BCUT2D eigenvalue weighted by Gasteiger charge is 2.13. The predicted octanol–water partition coefficient (Wildman–Crippen LogP) is 1.43. The van der Waals surface area contributed by atoms with Crippen molar-refractivity contribution in [3.05, 3.63) is 65.5 Å². The molecule has 0 bridgehead atoms. The molecule has 14 heteroatoms. The van der Waals surface area contributed by atoms with Crippen LogP contribution in [0.5, 0.6) is 5.75 Å². The SMILES string of the molecule is CC(C)(C)N/C=C(\N)CN(C/C(N)=C/NC(C)(C)C)C/C(N)=C/N(N)Cc1ccc(OCCCOS(=O)(=O)O)cc1. The van der Waals surface area contributed by atoms with Crippen LogP contribution in [0.1, 0.15) is 53.5 Å². The first-order valence-electron chi connectivity index (χ1n) is 13.3. The van der Waals surface area contributed by atoms with Crippen LogP contribution in [-0.2, 0) is 21.1 Å². The molecule has 0 spiro atoms. The zero-order valence-electron chi connectivity index (χ0n) is 25.2. The topological polar surface area (TPSA) is 207 Å². The third-order valence-electron chi connectivity index (χ3n) is 5.01. The first kappa shape index (κ1) is 35.9. The van der Waals surface area contributed by atoms with E-state index in [1.807, 2.05) is 17.0 Å². The Kier molecular flexibility index (Phi) is 14.3. The Hall–Kier alpha value is -3.17. The number of rotatable bonds is 17. The van der Waals surface area contributed by atoms with Gasteiger partial charge < -0.3 is 37.6 Å². The van der Waals surface area contributed by atoms with Gasteiger partial charge in [-0.05, 0) is 59.2 Å². The lowest BCUT2D eigenvalue weighted by molar-refractivity contribution is 0.229. The Bertz CT molecular complexity index is 1090. The Morgan fingerprint density at radius 2 is 1.37 bits per heavy atom. The normalized spacial score (nSPS) is 13.8. The van der Waals surface area contributed by atoms with E-state index in [9.17, 15) is 8.42 Å². The molecule has 0 saturated heterocycles. The van der Waals surface area contributed by atoms with Crippen molar-refractivity contribution in [3.63, 3.8) is 0 Å². The molecule has 234 valence electrons. The molecule has 1 aromatic rings. The van der Waals surface area contributed by atoms with Gasteiger partial charge in [0.25, 0.3) is 0 Å². The number of ether oxygens (including phenoxy) is 1. The summed E-state index contributed by atoms with van der Waals surface area (Å²) < 4.78 is 39.4. The molecule has 0 aliphatic rings. The maximum atomic E-state index is 10.5. The van der Waals surface area contributed by atoms with Crippen molar-refractivity contribution in [3.8, 4) is 5.75 Å². The van der Waals surface area contributed by atoms with Gasteiger partial charge >= 0.3 is 10.4 Å². The van der Waals surface area contributed by atoms with E-state index >= 15 is 0 Å². The van der Waals surface area contributed by atoms with Crippen LogP contribution in [0.2, 0.25) is 0 Å². The van der Waals surface area contributed by atoms with Gasteiger partial charge in [-0.3, -0.25) is 9.45 Å². The quantitative estimate of drug-likeness (QED) is 0.0587. The molecule has 0 aromatic heterocycles. The standard InChI is InChI=1S/C27H50N8O5S/c1-26(2,3)32-14-22(28)17-34(18-23(29)15-33-27(4,5)6)19-24(30)20-35(31)16-21-8-10-25(11-9-21)39-12-7-13-40-41(36,37)38/h8-11,14-15,20,32-33H,7,12-13,16-19,28-31H2,1-6H3,(H,36,37,38)/b22-14-,23-15-,24-20-. The molecule has 41 heavy (non-hydrogen) atoms. The summed E-state index contributed by atoms with van der Waals surface area (Å²) in [5.74, 6) is 6.82. The fourth-order valence-corrected chi connectivity index (χ4v) is 3.60. The van der Waals surface area contributed by atoms with Crippen LogP contribution < -0.4 is 38.4 Å². The molecule has 0 aliphatic heterocycles. The number of nitrogens with two attached hydrogens (primary N) is 4. The molecule has 0 unspecified atom stereocenters. The van der Waals surface area contributed by atoms with Crippen LogP contribution in [0.25, 0.3) is 0 Å². The fourth-order valence-electron chi connectivity index (χ4n) is 3.27. The van der Waals surface area contributed by atoms with E-state index in [0.717, 1.165) is 5.56 Å². The predicted molar refractivity (Wildman–Crippen MR) is 163 cm³/mol. The minimum atomic E-state index is -4.44. The van der Waals surface area contributed by atoms with Crippen LogP contribution in [0, 0.1) is 0 Å². The zero-order valence-corrected chi connectivity index (χ0v) is 26.0. The van der Waals surface area contributed by atoms with Crippen LogP contribution in [-0.4, -0.2) is 66.8 Å². The summed E-state index contributed by atoms with van der Waals surface area (Å²) >= 11 is 0. The van der Waals surface area contributed by atoms with E-state index in [2.05, 4.69) is 56.4 Å². The molecule has 0 heterocycles. The number of nitrogens with one attached hydrogen (secondary N) is 2. The lowest BCUT2D eigenvalue weighted by Gasteiger charge is -2.26. The van der Waals surface area contributed by atoms with Crippen LogP contribution in [0.15, 0.2) is 60.0 Å². The summed E-state index contributed by atoms with van der Waals surface area (Å²) in [7, 11) is -4.44. The number of benzene rings is 1. The van der Waals surface area contributed by atoms with Gasteiger partial charge in [0, 0.05) is 72.8 Å². The van der Waals surface area contributed by atoms with E-state index in [1.165, 1.54) is 5.01 Å². The molecule has 0 radical (unpaired) electrons. The largest absolute Gasteiger partial charge is 0.494 e. The summed E-state index contributed by atoms with van der Waals surface area (Å²) in [4.78, 5) is 2.03. The van der Waals surface area contributed by atoms with Crippen molar-refractivity contribution in [2.24, 2.45) is 23.0 Å². The number of hydrazine groups is 1. The highest BCUT2D eigenvalue weighted by Crippen LogP contribution is 2.14. The highest BCUT2D eigenvalue weighted by molar-refractivity contribution is 7.80. The van der Waals surface area contributed by atoms with Crippen molar-refractivity contribution in [1.82, 2.24) is 20.5 Å². The maximum Gasteiger partial charge on any atom is 0.397 e. The van der Waals surface area contributed by atoms with Crippen LogP contribution >= 0.6 is 0 Å². The smallest absolute Gasteiger partial charge is 0.397 e. The summed E-state index contributed by atoms with van der Waals surface area (Å²) in [6.45, 7) is 14.0. The Labute approximate surface area is 245 Å². The molecule has 1 rings (SSSR count). The molecule has 0 saturated carbocycles. The van der Waals surface area contributed by atoms with Crippen LogP contribution in [0.4, 0.5) is 0 Å². The first-order chi connectivity index (χ1) is 18.8. The molecule has 11 N–H and O–H groups in total. The average molecular weight is 599 g/mol. The third kappa shape index (κ3) is 19.5. The van der Waals surface area contributed by atoms with E-state index in [4.69, 9.17) is 32.3 Å². The maximum absolute atomic E-state index is 10.5.